The molecule has 30 heavy (non-hydrogen) atoms. The van der Waals surface area contributed by atoms with Gasteiger partial charge in [0.25, 0.3) is 0 Å². The monoisotopic (exact) mass is 420 g/mol. The minimum Gasteiger partial charge on any atom is -0.493 e. The van der Waals surface area contributed by atoms with Crippen LogP contribution in [-0.4, -0.2) is 34.4 Å². The van der Waals surface area contributed by atoms with E-state index in [2.05, 4.69) is 15.4 Å². The Morgan fingerprint density at radius 1 is 1.20 bits per heavy atom. The molecule has 0 saturated heterocycles. The van der Waals surface area contributed by atoms with E-state index in [0.29, 0.717) is 35.5 Å². The van der Waals surface area contributed by atoms with Crippen LogP contribution in [0.5, 0.6) is 11.5 Å². The minimum atomic E-state index is -0.187. The van der Waals surface area contributed by atoms with Gasteiger partial charge >= 0.3 is 0 Å². The van der Waals surface area contributed by atoms with Crippen LogP contribution in [0.3, 0.4) is 0 Å². The number of amides is 1. The van der Waals surface area contributed by atoms with Crippen LogP contribution in [-0.2, 0) is 4.79 Å². The highest BCUT2D eigenvalue weighted by Gasteiger charge is 2.33. The van der Waals surface area contributed by atoms with E-state index in [1.165, 1.54) is 11.3 Å². The Labute approximate surface area is 177 Å². The smallest absolute Gasteiger partial charge is 0.226 e. The van der Waals surface area contributed by atoms with Gasteiger partial charge in [-0.15, -0.1) is 0 Å². The number of nitrogens with one attached hydrogen (secondary N) is 1. The first-order valence-electron chi connectivity index (χ1n) is 9.73. The van der Waals surface area contributed by atoms with E-state index in [9.17, 15) is 4.79 Å². The Balaban J connectivity index is 1.63. The van der Waals surface area contributed by atoms with Gasteiger partial charge in [0.15, 0.2) is 11.5 Å². The van der Waals surface area contributed by atoms with Crippen LogP contribution in [0.2, 0.25) is 0 Å². The summed E-state index contributed by atoms with van der Waals surface area (Å²) in [7, 11) is 1.62. The first kappa shape index (κ1) is 18.6. The third-order valence-corrected chi connectivity index (χ3v) is 6.19. The molecule has 8 heteroatoms. The molecule has 1 amide bonds. The Kier molecular flexibility index (Phi) is 4.63. The van der Waals surface area contributed by atoms with Gasteiger partial charge in [-0.05, 0) is 25.1 Å². The molecule has 2 aromatic heterocycles. The molecule has 5 rings (SSSR count). The molecule has 0 unspecified atom stereocenters. The summed E-state index contributed by atoms with van der Waals surface area (Å²) in [4.78, 5) is 17.3. The van der Waals surface area contributed by atoms with Crippen LogP contribution in [0.4, 0.5) is 5.82 Å². The third-order valence-electron chi connectivity index (χ3n) is 5.18. The second-order valence-corrected chi connectivity index (χ2v) is 7.95. The van der Waals surface area contributed by atoms with Crippen molar-refractivity contribution in [2.24, 2.45) is 0 Å². The SMILES string of the molecule is CCOc1c(OC)cccc1[C@H]1CC(=O)Nc2c1cnn2-c1nc2ccccc2s1. The number of hydrogen-bond donors (Lipinski definition) is 1. The number of hydrogen-bond acceptors (Lipinski definition) is 6. The molecule has 0 bridgehead atoms. The molecule has 3 heterocycles. The highest BCUT2D eigenvalue weighted by atomic mass is 32.1. The van der Waals surface area contributed by atoms with Gasteiger partial charge in [-0.3, -0.25) is 4.79 Å². The molecule has 0 spiro atoms. The van der Waals surface area contributed by atoms with Gasteiger partial charge in [-0.1, -0.05) is 35.6 Å². The fraction of sp³-hybridized carbons (Fsp3) is 0.227. The zero-order valence-electron chi connectivity index (χ0n) is 16.6. The molecule has 152 valence electrons. The van der Waals surface area contributed by atoms with E-state index < -0.39 is 0 Å². The lowest BCUT2D eigenvalue weighted by atomic mass is 9.86. The summed E-state index contributed by atoms with van der Waals surface area (Å²) in [6.07, 6.45) is 2.12. The lowest BCUT2D eigenvalue weighted by Crippen LogP contribution is -2.25. The zero-order valence-corrected chi connectivity index (χ0v) is 17.4. The number of carbonyl (C=O) groups excluding carboxylic acids is 1. The molecule has 7 nitrogen and oxygen atoms in total. The molecule has 1 N–H and O–H groups in total. The molecule has 0 saturated carbocycles. The molecular formula is C22H20N4O3S. The number of rotatable bonds is 5. The van der Waals surface area contributed by atoms with Gasteiger partial charge in [0.1, 0.15) is 5.82 Å². The number of thiazole rings is 1. The standard InChI is InChI=1S/C22H20N4O3S/c1-3-29-20-13(7-6-9-17(20)28-2)14-11-19(27)25-21-15(14)12-23-26(21)22-24-16-8-4-5-10-18(16)30-22/h4-10,12,14H,3,11H2,1-2H3,(H,25,27)/t14-/m1/s1. The van der Waals surface area contributed by atoms with E-state index >= 15 is 0 Å². The molecule has 2 aromatic carbocycles. The summed E-state index contributed by atoms with van der Waals surface area (Å²) < 4.78 is 14.2. The fourth-order valence-electron chi connectivity index (χ4n) is 3.86. The Morgan fingerprint density at radius 2 is 2.07 bits per heavy atom. The lowest BCUT2D eigenvalue weighted by molar-refractivity contribution is -0.116. The lowest BCUT2D eigenvalue weighted by Gasteiger charge is -2.25. The van der Waals surface area contributed by atoms with E-state index in [1.807, 2.05) is 49.4 Å². The van der Waals surface area contributed by atoms with Crippen LogP contribution in [0, 0.1) is 0 Å². The molecule has 0 fully saturated rings. The van der Waals surface area contributed by atoms with E-state index in [1.54, 1.807) is 18.0 Å². The van der Waals surface area contributed by atoms with Gasteiger partial charge < -0.3 is 14.8 Å². The van der Waals surface area contributed by atoms with E-state index in [4.69, 9.17) is 9.47 Å². The quantitative estimate of drug-likeness (QED) is 0.519. The van der Waals surface area contributed by atoms with E-state index in [-0.39, 0.29) is 11.8 Å². The average Bonchev–Trinajstić information content (AvgIpc) is 3.37. The Bertz CT molecular complexity index is 1210. The number of anilines is 1. The number of benzene rings is 2. The summed E-state index contributed by atoms with van der Waals surface area (Å²) in [6.45, 7) is 2.44. The van der Waals surface area contributed by atoms with Crippen molar-refractivity contribution in [3.63, 3.8) is 0 Å². The second-order valence-electron chi connectivity index (χ2n) is 6.94. The molecular weight excluding hydrogens is 400 g/mol. The van der Waals surface area contributed by atoms with Crippen molar-refractivity contribution in [1.82, 2.24) is 14.8 Å². The van der Waals surface area contributed by atoms with Gasteiger partial charge in [-0.2, -0.15) is 9.78 Å². The average molecular weight is 420 g/mol. The van der Waals surface area contributed by atoms with Crippen molar-refractivity contribution in [3.05, 3.63) is 59.8 Å². The molecule has 1 atom stereocenters. The van der Waals surface area contributed by atoms with Crippen molar-refractivity contribution >= 4 is 33.3 Å². The van der Waals surface area contributed by atoms with Gasteiger partial charge in [0, 0.05) is 23.5 Å². The maximum Gasteiger partial charge on any atom is 0.226 e. The number of para-hydroxylation sites is 2. The normalized spacial score (nSPS) is 15.7. The predicted octanol–water partition coefficient (Wildman–Crippen LogP) is 4.36. The van der Waals surface area contributed by atoms with Crippen molar-refractivity contribution in [2.45, 2.75) is 19.3 Å². The first-order valence-corrected chi connectivity index (χ1v) is 10.5. The van der Waals surface area contributed by atoms with Crippen molar-refractivity contribution in [1.29, 1.82) is 0 Å². The van der Waals surface area contributed by atoms with Crippen LogP contribution < -0.4 is 14.8 Å². The highest BCUT2D eigenvalue weighted by molar-refractivity contribution is 7.20. The number of fused-ring (bicyclic) bond motifs is 2. The highest BCUT2D eigenvalue weighted by Crippen LogP contribution is 2.44. The topological polar surface area (TPSA) is 78.3 Å². The molecule has 4 aromatic rings. The van der Waals surface area contributed by atoms with Crippen LogP contribution >= 0.6 is 11.3 Å². The Morgan fingerprint density at radius 3 is 2.87 bits per heavy atom. The van der Waals surface area contributed by atoms with Crippen LogP contribution in [0.15, 0.2) is 48.7 Å². The van der Waals surface area contributed by atoms with Gasteiger partial charge in [0.2, 0.25) is 11.0 Å². The van der Waals surface area contributed by atoms with Gasteiger partial charge in [0.05, 0.1) is 30.1 Å². The van der Waals surface area contributed by atoms with Crippen LogP contribution in [0.25, 0.3) is 15.3 Å². The summed E-state index contributed by atoms with van der Waals surface area (Å²) in [6, 6.07) is 13.7. The Hall–Kier alpha value is -3.39. The van der Waals surface area contributed by atoms with Crippen molar-refractivity contribution < 1.29 is 14.3 Å². The summed E-state index contributed by atoms with van der Waals surface area (Å²) in [5.41, 5.74) is 2.76. The van der Waals surface area contributed by atoms with Crippen molar-refractivity contribution in [2.75, 3.05) is 19.0 Å². The second kappa shape index (κ2) is 7.46. The maximum absolute atomic E-state index is 12.6. The summed E-state index contributed by atoms with van der Waals surface area (Å²) >= 11 is 1.54. The number of methoxy groups -OCH3 is 1. The molecule has 1 aliphatic rings. The van der Waals surface area contributed by atoms with Crippen molar-refractivity contribution in [3.8, 4) is 16.6 Å². The largest absolute Gasteiger partial charge is 0.493 e. The number of carbonyl (C=O) groups is 1. The number of nitrogens with zero attached hydrogens (tertiary/aromatic N) is 3. The molecule has 0 aliphatic carbocycles. The molecule has 0 radical (unpaired) electrons. The summed E-state index contributed by atoms with van der Waals surface area (Å²) in [5.74, 6) is 1.72. The number of aromatic nitrogens is 3. The maximum atomic E-state index is 12.6. The summed E-state index contributed by atoms with van der Waals surface area (Å²) in [5, 5.41) is 8.27. The van der Waals surface area contributed by atoms with Crippen LogP contribution in [0.1, 0.15) is 30.4 Å². The first-order chi connectivity index (χ1) is 14.7. The minimum absolute atomic E-state index is 0.0689. The van der Waals surface area contributed by atoms with E-state index in [0.717, 1.165) is 21.3 Å². The predicted molar refractivity (Wildman–Crippen MR) is 116 cm³/mol. The fourth-order valence-corrected chi connectivity index (χ4v) is 4.79. The third kappa shape index (κ3) is 3.00. The molecule has 1 aliphatic heterocycles. The zero-order chi connectivity index (χ0) is 20.7. The number of ether oxygens (including phenoxy) is 2. The van der Waals surface area contributed by atoms with Gasteiger partial charge in [-0.25, -0.2) is 4.98 Å².